The van der Waals surface area contributed by atoms with Gasteiger partial charge in [0.2, 0.25) is 0 Å². The van der Waals surface area contributed by atoms with Gasteiger partial charge in [-0.3, -0.25) is 0 Å². The second-order valence-electron chi connectivity index (χ2n) is 13.3. The molecular weight excluding hydrogens is 587 g/mol. The number of nitrogens with zero attached hydrogens (tertiary/aromatic N) is 1. The minimum atomic E-state index is -0.117. The Morgan fingerprint density at radius 2 is 1.06 bits per heavy atom. The Labute approximate surface area is 278 Å². The molecule has 10 rings (SSSR count). The number of para-hydroxylation sites is 3. The molecule has 1 aliphatic rings. The topological polar surface area (TPSA) is 29.5 Å². The van der Waals surface area contributed by atoms with Gasteiger partial charge < -0.3 is 13.7 Å². The average Bonchev–Trinajstić information content (AvgIpc) is 3.77. The first-order valence-electron chi connectivity index (χ1n) is 16.5. The van der Waals surface area contributed by atoms with E-state index in [9.17, 15) is 0 Å². The molecule has 0 atom stereocenters. The summed E-state index contributed by atoms with van der Waals surface area (Å²) in [4.78, 5) is 2.34. The largest absolute Gasteiger partial charge is 0.456 e. The van der Waals surface area contributed by atoms with Crippen LogP contribution in [0.4, 0.5) is 17.1 Å². The molecule has 1 aliphatic carbocycles. The molecule has 0 saturated carbocycles. The molecule has 7 aromatic carbocycles. The summed E-state index contributed by atoms with van der Waals surface area (Å²) < 4.78 is 13.2. The van der Waals surface area contributed by atoms with Gasteiger partial charge in [0.05, 0.1) is 0 Å². The van der Waals surface area contributed by atoms with Crippen molar-refractivity contribution in [3.8, 4) is 22.3 Å². The Balaban J connectivity index is 1.31. The first-order valence-corrected chi connectivity index (χ1v) is 16.5. The van der Waals surface area contributed by atoms with Crippen molar-refractivity contribution in [1.82, 2.24) is 0 Å². The lowest BCUT2D eigenvalue weighted by Crippen LogP contribution is -2.14. The van der Waals surface area contributed by atoms with Crippen LogP contribution in [0.3, 0.4) is 0 Å². The van der Waals surface area contributed by atoms with E-state index in [4.69, 9.17) is 8.83 Å². The molecule has 228 valence electrons. The van der Waals surface area contributed by atoms with Crippen molar-refractivity contribution in [1.29, 1.82) is 0 Å². The molecule has 9 aromatic rings. The van der Waals surface area contributed by atoms with Crippen LogP contribution in [0.1, 0.15) is 25.0 Å². The minimum Gasteiger partial charge on any atom is -0.456 e. The fourth-order valence-corrected chi connectivity index (χ4v) is 7.99. The molecule has 2 aromatic heterocycles. The second-order valence-corrected chi connectivity index (χ2v) is 13.3. The van der Waals surface area contributed by atoms with Crippen molar-refractivity contribution in [3.05, 3.63) is 163 Å². The van der Waals surface area contributed by atoms with Crippen LogP contribution < -0.4 is 4.90 Å². The van der Waals surface area contributed by atoms with Crippen molar-refractivity contribution < 1.29 is 8.83 Å². The van der Waals surface area contributed by atoms with Crippen LogP contribution in [0.25, 0.3) is 66.1 Å². The van der Waals surface area contributed by atoms with Gasteiger partial charge in [-0.15, -0.1) is 0 Å². The third-order valence-electron chi connectivity index (χ3n) is 10.2. The van der Waals surface area contributed by atoms with Gasteiger partial charge in [-0.1, -0.05) is 105 Å². The van der Waals surface area contributed by atoms with Gasteiger partial charge in [0.1, 0.15) is 22.3 Å². The van der Waals surface area contributed by atoms with Crippen molar-refractivity contribution in [2.24, 2.45) is 0 Å². The molecule has 0 N–H and O–H groups in total. The van der Waals surface area contributed by atoms with Gasteiger partial charge in [0, 0.05) is 49.6 Å². The van der Waals surface area contributed by atoms with Gasteiger partial charge in [-0.2, -0.15) is 0 Å². The monoisotopic (exact) mass is 617 g/mol. The van der Waals surface area contributed by atoms with E-state index in [0.717, 1.165) is 72.1 Å². The van der Waals surface area contributed by atoms with Crippen LogP contribution in [0, 0.1) is 0 Å². The zero-order valence-corrected chi connectivity index (χ0v) is 26.7. The Bertz CT molecular complexity index is 2660. The van der Waals surface area contributed by atoms with E-state index in [1.807, 2.05) is 18.2 Å². The number of fused-ring (bicyclic) bond motifs is 10. The van der Waals surface area contributed by atoms with Crippen LogP contribution in [0.15, 0.2) is 160 Å². The maximum Gasteiger partial charge on any atom is 0.143 e. The molecule has 0 fully saturated rings. The van der Waals surface area contributed by atoms with Crippen LogP contribution in [-0.4, -0.2) is 0 Å². The molecule has 0 radical (unpaired) electrons. The lowest BCUT2D eigenvalue weighted by Gasteiger charge is -2.26. The zero-order chi connectivity index (χ0) is 32.0. The summed E-state index contributed by atoms with van der Waals surface area (Å²) >= 11 is 0. The predicted octanol–water partition coefficient (Wildman–Crippen LogP) is 12.9. The lowest BCUT2D eigenvalue weighted by molar-refractivity contribution is 0.660. The molecule has 0 bridgehead atoms. The summed E-state index contributed by atoms with van der Waals surface area (Å²) in [5.74, 6) is 0. The lowest BCUT2D eigenvalue weighted by atomic mass is 9.81. The number of hydrogen-bond donors (Lipinski definition) is 0. The first-order chi connectivity index (χ1) is 23.6. The third kappa shape index (κ3) is 3.82. The Hall–Kier alpha value is -6.06. The number of benzene rings is 7. The highest BCUT2D eigenvalue weighted by atomic mass is 16.3. The molecule has 0 amide bonds. The van der Waals surface area contributed by atoms with Crippen molar-refractivity contribution in [2.45, 2.75) is 19.3 Å². The summed E-state index contributed by atoms with van der Waals surface area (Å²) in [7, 11) is 0. The van der Waals surface area contributed by atoms with E-state index >= 15 is 0 Å². The summed E-state index contributed by atoms with van der Waals surface area (Å²) in [6.45, 7) is 4.67. The smallest absolute Gasteiger partial charge is 0.143 e. The van der Waals surface area contributed by atoms with Gasteiger partial charge in [-0.05, 0) is 88.5 Å². The van der Waals surface area contributed by atoms with Crippen molar-refractivity contribution in [3.63, 3.8) is 0 Å². The van der Waals surface area contributed by atoms with Crippen molar-refractivity contribution in [2.75, 3.05) is 4.90 Å². The van der Waals surface area contributed by atoms with Crippen LogP contribution in [0.2, 0.25) is 0 Å². The van der Waals surface area contributed by atoms with Gasteiger partial charge in [-0.25, -0.2) is 0 Å². The maximum absolute atomic E-state index is 6.88. The van der Waals surface area contributed by atoms with E-state index in [1.54, 1.807) is 0 Å². The Morgan fingerprint density at radius 1 is 0.438 bits per heavy atom. The summed E-state index contributed by atoms with van der Waals surface area (Å²) in [6, 6.07) is 53.9. The van der Waals surface area contributed by atoms with E-state index in [0.29, 0.717) is 0 Å². The van der Waals surface area contributed by atoms with E-state index in [-0.39, 0.29) is 5.41 Å². The molecule has 3 heteroatoms. The summed E-state index contributed by atoms with van der Waals surface area (Å²) in [6.07, 6.45) is 0. The third-order valence-corrected chi connectivity index (χ3v) is 10.2. The number of anilines is 3. The van der Waals surface area contributed by atoms with Gasteiger partial charge in [0.25, 0.3) is 0 Å². The highest BCUT2D eigenvalue weighted by molar-refractivity contribution is 6.27. The van der Waals surface area contributed by atoms with Crippen LogP contribution >= 0.6 is 0 Å². The highest BCUT2D eigenvalue weighted by Crippen LogP contribution is 2.51. The molecule has 2 heterocycles. The number of furan rings is 2. The fourth-order valence-electron chi connectivity index (χ4n) is 7.99. The molecule has 0 spiro atoms. The van der Waals surface area contributed by atoms with Crippen molar-refractivity contribution >= 4 is 60.9 Å². The minimum absolute atomic E-state index is 0.117. The van der Waals surface area contributed by atoms with E-state index in [2.05, 4.69) is 152 Å². The Morgan fingerprint density at radius 3 is 1.83 bits per heavy atom. The first kappa shape index (κ1) is 27.1. The molecule has 48 heavy (non-hydrogen) atoms. The molecule has 3 nitrogen and oxygen atoms in total. The fraction of sp³-hybridized carbons (Fsp3) is 0.0667. The number of rotatable bonds is 4. The highest BCUT2D eigenvalue weighted by Gasteiger charge is 2.35. The van der Waals surface area contributed by atoms with Crippen LogP contribution in [-0.2, 0) is 5.41 Å². The van der Waals surface area contributed by atoms with Crippen LogP contribution in [0.5, 0.6) is 0 Å². The SMILES string of the molecule is CC1(C)c2ccccc2-c2ccc(-c3cc(N(c4ccccc4)c4ccccc4)cc4c3oc3ccc5oc6ccccc6c5c34)cc21. The van der Waals surface area contributed by atoms with E-state index in [1.165, 1.54) is 22.3 Å². The zero-order valence-electron chi connectivity index (χ0n) is 26.7. The Kier molecular flexibility index (Phi) is 5.63. The van der Waals surface area contributed by atoms with Gasteiger partial charge >= 0.3 is 0 Å². The maximum atomic E-state index is 6.88. The van der Waals surface area contributed by atoms with Gasteiger partial charge in [0.15, 0.2) is 0 Å². The summed E-state index contributed by atoms with van der Waals surface area (Å²) in [5.41, 5.74) is 14.1. The summed E-state index contributed by atoms with van der Waals surface area (Å²) in [5, 5.41) is 4.31. The molecule has 0 aliphatic heterocycles. The normalized spacial score (nSPS) is 13.4. The standard InChI is InChI=1S/C45H31NO2/c1-45(2)37-19-11-9-17-32(37)33-22-21-28(25-38(33)45)35-26-31(46(29-13-5-3-6-14-29)30-15-7-4-8-16-30)27-36-43-41(48-44(35)36)24-23-40-42(43)34-18-10-12-20-39(34)47-40/h3-27H,1-2H3. The molecule has 0 saturated heterocycles. The average molecular weight is 618 g/mol. The molecular formula is C45H31NO2. The van der Waals surface area contributed by atoms with E-state index < -0.39 is 0 Å². The second kappa shape index (κ2) is 9.97. The predicted molar refractivity (Wildman–Crippen MR) is 199 cm³/mol. The molecule has 0 unspecified atom stereocenters. The quantitative estimate of drug-likeness (QED) is 0.197. The number of hydrogen-bond acceptors (Lipinski definition) is 3.